The summed E-state index contributed by atoms with van der Waals surface area (Å²) in [5.74, 6) is -0.885. The molecule has 10 N–H and O–H groups in total. The van der Waals surface area contributed by atoms with E-state index < -0.39 is 96.7 Å². The van der Waals surface area contributed by atoms with Gasteiger partial charge in [0.2, 0.25) is 0 Å². The highest BCUT2D eigenvalue weighted by molar-refractivity contribution is 7.72. The number of hydrogen-bond acceptors (Lipinski definition) is 20. The Bertz CT molecular complexity index is 2010. The van der Waals surface area contributed by atoms with E-state index in [4.69, 9.17) is 10.5 Å². The zero-order valence-corrected chi connectivity index (χ0v) is 31.2. The number of phosphoric ester groups is 2. The summed E-state index contributed by atoms with van der Waals surface area (Å²) in [5, 5.41) is 12.3. The van der Waals surface area contributed by atoms with E-state index in [1.54, 1.807) is 0 Å². The number of aliphatic hydroxyl groups excluding tert-OH is 1. The molecule has 28 nitrogen and oxygen atoms in total. The van der Waals surface area contributed by atoms with Gasteiger partial charge in [0.1, 0.15) is 24.4 Å². The number of aliphatic hydroxyl groups is 1. The van der Waals surface area contributed by atoms with Crippen LogP contribution in [0.1, 0.15) is 33.4 Å². The van der Waals surface area contributed by atoms with Gasteiger partial charge in [-0.1, -0.05) is 12.1 Å². The van der Waals surface area contributed by atoms with Gasteiger partial charge in [0.15, 0.2) is 0 Å². The molecule has 34 heteroatoms. The highest BCUT2D eigenvalue weighted by Crippen LogP contribution is 2.75. The first kappa shape index (κ1) is 45.2. The molecule has 0 radical (unpaired) electrons. The van der Waals surface area contributed by atoms with E-state index in [1.807, 2.05) is 0 Å². The van der Waals surface area contributed by atoms with Gasteiger partial charge in [0.05, 0.1) is 19.3 Å². The minimum absolute atomic E-state index is 0.0534. The first-order valence-corrected chi connectivity index (χ1v) is 22.5. The zero-order valence-electron chi connectivity index (χ0n) is 25.8. The molecule has 0 spiro atoms. The molecule has 1 aliphatic rings. The maximum Gasteiger partial charge on any atom is 0.490 e. The summed E-state index contributed by atoms with van der Waals surface area (Å²) in [6.07, 6.45) is -2.76. The minimum atomic E-state index is -6.50. The van der Waals surface area contributed by atoms with E-state index >= 15 is 0 Å². The van der Waals surface area contributed by atoms with Crippen LogP contribution < -0.4 is 16.7 Å². The van der Waals surface area contributed by atoms with E-state index in [0.29, 0.717) is 6.29 Å². The van der Waals surface area contributed by atoms with Crippen LogP contribution in [0.25, 0.3) is 0 Å². The number of amides is 1. The topological polar surface area (TPSA) is 425 Å². The van der Waals surface area contributed by atoms with E-state index in [2.05, 4.69) is 40.9 Å². The summed E-state index contributed by atoms with van der Waals surface area (Å²) >= 11 is 0. The number of aromatic nitrogens is 2. The number of phosphoric acid groups is 6. The predicted molar refractivity (Wildman–Crippen MR) is 168 cm³/mol. The molecule has 1 aliphatic heterocycles. The number of ether oxygens (including phenoxy) is 1. The second-order valence-electron chi connectivity index (χ2n) is 9.82. The number of carbonyl (C=O) groups is 2. The third-order valence-electron chi connectivity index (χ3n) is 5.75. The molecule has 0 bridgehead atoms. The van der Waals surface area contributed by atoms with Gasteiger partial charge in [0, 0.05) is 30.3 Å². The number of rotatable bonds is 20. The first-order valence-electron chi connectivity index (χ1n) is 13.6. The van der Waals surface area contributed by atoms with Crippen molar-refractivity contribution in [3.63, 3.8) is 0 Å². The van der Waals surface area contributed by atoms with Gasteiger partial charge in [0.25, 0.3) is 5.91 Å². The average molecular weight is 882 g/mol. The molecule has 1 amide bonds. The summed E-state index contributed by atoms with van der Waals surface area (Å²) in [6, 6.07) is 6.36. The molecule has 1 aromatic carbocycles. The average Bonchev–Trinajstić information content (AvgIpc) is 3.34. The molecule has 2 heterocycles. The number of hydrogen-bond donors (Lipinski definition) is 9. The van der Waals surface area contributed by atoms with Crippen LogP contribution in [0.4, 0.5) is 5.82 Å². The Balaban J connectivity index is 1.49. The van der Waals surface area contributed by atoms with Crippen LogP contribution in [-0.2, 0) is 62.7 Å². The van der Waals surface area contributed by atoms with Crippen molar-refractivity contribution in [2.24, 2.45) is 0 Å². The van der Waals surface area contributed by atoms with Crippen molar-refractivity contribution in [2.45, 2.75) is 24.9 Å². The Hall–Kier alpha value is -2.18. The van der Waals surface area contributed by atoms with Gasteiger partial charge in [-0.2, -0.15) is 26.5 Å². The molecular weight excluding hydrogens is 854 g/mol. The molecule has 2 aromatic rings. The molecule has 6 unspecified atom stereocenters. The summed E-state index contributed by atoms with van der Waals surface area (Å²) in [7, 11) is -37.1. The van der Waals surface area contributed by atoms with Crippen molar-refractivity contribution >= 4 is 64.9 Å². The third-order valence-corrected chi connectivity index (χ3v) is 15.0. The Morgan fingerprint density at radius 2 is 1.34 bits per heavy atom. The van der Waals surface area contributed by atoms with Crippen LogP contribution in [0.3, 0.4) is 0 Å². The number of nitrogens with one attached hydrogen (secondary N) is 1. The predicted octanol–water partition coefficient (Wildman–Crippen LogP) is 0.435. The number of nitrogen functional groups attached to an aromatic ring is 1. The second-order valence-corrected chi connectivity index (χ2v) is 19.2. The molecule has 0 saturated carbocycles. The Kier molecular flexibility index (Phi) is 15.1. The van der Waals surface area contributed by atoms with Gasteiger partial charge < -0.3 is 50.3 Å². The van der Waals surface area contributed by atoms with Gasteiger partial charge >= 0.3 is 52.6 Å². The number of aldehydes is 1. The van der Waals surface area contributed by atoms with Crippen LogP contribution >= 0.6 is 46.9 Å². The van der Waals surface area contributed by atoms with Crippen molar-refractivity contribution in [1.29, 1.82) is 0 Å². The number of carbonyl (C=O) groups excluding carboxylic acids is 2. The highest BCUT2D eigenvalue weighted by atomic mass is 31.3. The molecule has 1 aromatic heterocycles. The lowest BCUT2D eigenvalue weighted by Gasteiger charge is -2.21. The van der Waals surface area contributed by atoms with Crippen molar-refractivity contribution in [1.82, 2.24) is 14.9 Å². The quantitative estimate of drug-likeness (QED) is 0.0494. The minimum Gasteiger partial charge on any atom is -0.390 e. The van der Waals surface area contributed by atoms with Crippen LogP contribution in [0.2, 0.25) is 0 Å². The SMILES string of the molecule is Nc1ccn([C@H]2C[C@@H](O)[C@@H](COP(=O)(O)OP(=O)(O)OP(=O)(O)OP(=O)(O)OP(=O)(O)OP(=O)(O)OCCNC(=O)c3ccc(C=O)cc3)O2)c(=O)n1. The Labute approximate surface area is 295 Å². The molecule has 1 saturated heterocycles. The van der Waals surface area contributed by atoms with Crippen LogP contribution in [0, 0.1) is 0 Å². The monoisotopic (exact) mass is 882 g/mol. The fourth-order valence-corrected chi connectivity index (χ4v) is 11.5. The van der Waals surface area contributed by atoms with Crippen molar-refractivity contribution < 1.29 is 107 Å². The fraction of sp³-hybridized carbons (Fsp3) is 0.368. The van der Waals surface area contributed by atoms with Gasteiger partial charge in [-0.25, -0.2) is 32.2 Å². The molecule has 53 heavy (non-hydrogen) atoms. The number of anilines is 1. The van der Waals surface area contributed by atoms with Crippen LogP contribution in [-0.4, -0.2) is 88.2 Å². The maximum absolute atomic E-state index is 12.2. The molecule has 3 rings (SSSR count). The number of nitrogens with zero attached hydrogens (tertiary/aromatic N) is 2. The lowest BCUT2D eigenvalue weighted by Crippen LogP contribution is -2.28. The lowest BCUT2D eigenvalue weighted by molar-refractivity contribution is -0.0449. The van der Waals surface area contributed by atoms with Crippen molar-refractivity contribution in [3.8, 4) is 0 Å². The summed E-state index contributed by atoms with van der Waals surface area (Å²) in [5.41, 5.74) is 4.80. The normalized spacial score (nSPS) is 24.3. The third kappa shape index (κ3) is 15.1. The van der Waals surface area contributed by atoms with E-state index in [0.717, 1.165) is 10.8 Å². The zero-order chi connectivity index (χ0) is 40.0. The fourth-order valence-electron chi connectivity index (χ4n) is 3.75. The van der Waals surface area contributed by atoms with Gasteiger partial charge in [-0.3, -0.25) is 23.2 Å². The van der Waals surface area contributed by atoms with E-state index in [1.165, 1.54) is 30.3 Å². The van der Waals surface area contributed by atoms with Crippen molar-refractivity contribution in [3.05, 3.63) is 58.1 Å². The first-order chi connectivity index (χ1) is 24.2. The smallest absolute Gasteiger partial charge is 0.390 e. The molecule has 1 fully saturated rings. The molecule has 9 atom stereocenters. The van der Waals surface area contributed by atoms with Gasteiger partial charge in [-0.05, 0) is 18.2 Å². The Morgan fingerprint density at radius 3 is 1.83 bits per heavy atom. The molecule has 298 valence electrons. The lowest BCUT2D eigenvalue weighted by atomic mass is 10.1. The summed E-state index contributed by atoms with van der Waals surface area (Å²) < 4.78 is 105. The number of benzene rings is 1. The van der Waals surface area contributed by atoms with E-state index in [-0.39, 0.29) is 23.4 Å². The van der Waals surface area contributed by atoms with Crippen LogP contribution in [0.5, 0.6) is 0 Å². The molecule has 0 aliphatic carbocycles. The molecular formula is C19H28N4O24P6. The second kappa shape index (κ2) is 17.7. The Morgan fingerprint density at radius 1 is 0.849 bits per heavy atom. The summed E-state index contributed by atoms with van der Waals surface area (Å²) in [6.45, 7) is -2.53. The number of nitrogens with two attached hydrogens (primary N) is 1. The highest BCUT2D eigenvalue weighted by Gasteiger charge is 2.50. The largest absolute Gasteiger partial charge is 0.490 e. The summed E-state index contributed by atoms with van der Waals surface area (Å²) in [4.78, 5) is 96.0. The van der Waals surface area contributed by atoms with E-state index in [9.17, 15) is 76.2 Å². The van der Waals surface area contributed by atoms with Crippen LogP contribution in [0.15, 0.2) is 41.3 Å². The maximum atomic E-state index is 12.2. The standard InChI is InChI=1S/C19H28N4O24P6/c20-16-5-7-23(19(27)22-16)17-9-14(25)15(42-17)11-41-49(30,31)44-51(34,35)46-53(38,39)47-52(36,37)45-50(32,33)43-48(28,29)40-8-6-21-18(26)13-3-1-12(10-24)2-4-13/h1-5,7,10,14-15,17,25H,6,8-9,11H2,(H,21,26)(H,28,29)(H,30,31)(H,32,33)(H,34,35)(H,36,37)(H,38,39)(H2,20,22,27)/t14-,15-,17-/m1/s1. The van der Waals surface area contributed by atoms with Crippen molar-refractivity contribution in [2.75, 3.05) is 25.5 Å². The van der Waals surface area contributed by atoms with Gasteiger partial charge in [-0.15, -0.1) is 0 Å².